The number of halogens is 1. The lowest BCUT2D eigenvalue weighted by Gasteiger charge is -2.35. The van der Waals surface area contributed by atoms with Crippen molar-refractivity contribution < 1.29 is 19.1 Å². The van der Waals surface area contributed by atoms with E-state index in [2.05, 4.69) is 10.6 Å². The molecule has 7 heteroatoms. The van der Waals surface area contributed by atoms with Crippen LogP contribution in [0, 0.1) is 5.82 Å². The van der Waals surface area contributed by atoms with Gasteiger partial charge in [-0.2, -0.15) is 0 Å². The van der Waals surface area contributed by atoms with E-state index >= 15 is 0 Å². The highest BCUT2D eigenvalue weighted by Gasteiger charge is 2.34. The SMILES string of the molecule is O=C1NCCN(C(=O)NCCCCCO)[C@H]1c1cccc(F)c1. The summed E-state index contributed by atoms with van der Waals surface area (Å²) in [5.41, 5.74) is 0.456. The molecule has 0 unspecified atom stereocenters. The van der Waals surface area contributed by atoms with Crippen molar-refractivity contribution in [1.82, 2.24) is 15.5 Å². The predicted octanol–water partition coefficient (Wildman–Crippen LogP) is 1.17. The maximum atomic E-state index is 13.4. The Morgan fingerprint density at radius 2 is 2.22 bits per heavy atom. The summed E-state index contributed by atoms with van der Waals surface area (Å²) in [6.07, 6.45) is 2.29. The van der Waals surface area contributed by atoms with Crippen LogP contribution in [-0.4, -0.2) is 48.2 Å². The number of nitrogens with zero attached hydrogens (tertiary/aromatic N) is 1. The van der Waals surface area contributed by atoms with Gasteiger partial charge in [-0.3, -0.25) is 4.79 Å². The molecule has 3 amide bonds. The van der Waals surface area contributed by atoms with E-state index in [1.807, 2.05) is 0 Å². The Hall–Kier alpha value is -2.15. The van der Waals surface area contributed by atoms with E-state index in [4.69, 9.17) is 5.11 Å². The summed E-state index contributed by atoms with van der Waals surface area (Å²) in [5, 5.41) is 14.2. The highest BCUT2D eigenvalue weighted by molar-refractivity contribution is 5.89. The second kappa shape index (κ2) is 8.47. The summed E-state index contributed by atoms with van der Waals surface area (Å²) in [6.45, 7) is 1.37. The lowest BCUT2D eigenvalue weighted by atomic mass is 10.0. The molecule has 1 aliphatic heterocycles. The Balaban J connectivity index is 2.02. The van der Waals surface area contributed by atoms with Crippen LogP contribution in [0.2, 0.25) is 0 Å². The summed E-state index contributed by atoms with van der Waals surface area (Å²) in [4.78, 5) is 25.9. The number of carbonyl (C=O) groups excluding carboxylic acids is 2. The lowest BCUT2D eigenvalue weighted by Crippen LogP contribution is -2.54. The molecular formula is C16H22FN3O3. The molecule has 0 radical (unpaired) electrons. The van der Waals surface area contributed by atoms with E-state index in [9.17, 15) is 14.0 Å². The van der Waals surface area contributed by atoms with Crippen LogP contribution >= 0.6 is 0 Å². The fourth-order valence-corrected chi connectivity index (χ4v) is 2.60. The molecule has 1 heterocycles. The zero-order valence-electron chi connectivity index (χ0n) is 12.9. The van der Waals surface area contributed by atoms with Gasteiger partial charge >= 0.3 is 6.03 Å². The number of aliphatic hydroxyl groups is 1. The Morgan fingerprint density at radius 1 is 1.39 bits per heavy atom. The predicted molar refractivity (Wildman–Crippen MR) is 83.2 cm³/mol. The molecule has 0 bridgehead atoms. The van der Waals surface area contributed by atoms with E-state index in [0.717, 1.165) is 12.8 Å². The number of amides is 3. The van der Waals surface area contributed by atoms with Gasteiger partial charge in [0.15, 0.2) is 0 Å². The highest BCUT2D eigenvalue weighted by atomic mass is 19.1. The number of carbonyl (C=O) groups is 2. The van der Waals surface area contributed by atoms with Crippen molar-refractivity contribution in [2.24, 2.45) is 0 Å². The van der Waals surface area contributed by atoms with Gasteiger partial charge in [0.1, 0.15) is 11.9 Å². The molecule has 0 aromatic heterocycles. The zero-order chi connectivity index (χ0) is 16.7. The Labute approximate surface area is 134 Å². The van der Waals surface area contributed by atoms with Crippen LogP contribution in [0.1, 0.15) is 30.9 Å². The molecule has 1 aliphatic rings. The van der Waals surface area contributed by atoms with Gasteiger partial charge in [0, 0.05) is 26.2 Å². The number of piperazine rings is 1. The minimum absolute atomic E-state index is 0.141. The normalized spacial score (nSPS) is 17.7. The molecule has 0 spiro atoms. The van der Waals surface area contributed by atoms with E-state index in [1.165, 1.54) is 23.1 Å². The van der Waals surface area contributed by atoms with Crippen LogP contribution in [0.4, 0.5) is 9.18 Å². The van der Waals surface area contributed by atoms with E-state index < -0.39 is 11.9 Å². The molecule has 1 aromatic rings. The third-order valence-corrected chi connectivity index (χ3v) is 3.75. The summed E-state index contributed by atoms with van der Waals surface area (Å²) in [5.74, 6) is -0.748. The van der Waals surface area contributed by atoms with Gasteiger partial charge in [-0.15, -0.1) is 0 Å². The van der Waals surface area contributed by atoms with Crippen molar-refractivity contribution in [2.45, 2.75) is 25.3 Å². The monoisotopic (exact) mass is 323 g/mol. The second-order valence-corrected chi connectivity index (χ2v) is 5.46. The standard InChI is InChI=1S/C16H22FN3O3/c17-13-6-4-5-12(11-13)14-15(22)18-8-9-20(14)16(23)19-7-2-1-3-10-21/h4-6,11,14,21H,1-3,7-10H2,(H,18,22)(H,19,23)/t14-/m0/s1. The molecule has 23 heavy (non-hydrogen) atoms. The van der Waals surface area contributed by atoms with E-state index in [1.54, 1.807) is 6.07 Å². The molecular weight excluding hydrogens is 301 g/mol. The quantitative estimate of drug-likeness (QED) is 0.687. The topological polar surface area (TPSA) is 81.7 Å². The summed E-state index contributed by atoms with van der Waals surface area (Å²) in [6, 6.07) is 4.58. The van der Waals surface area contributed by atoms with Crippen LogP contribution in [0.15, 0.2) is 24.3 Å². The summed E-state index contributed by atoms with van der Waals surface area (Å²) < 4.78 is 13.4. The molecule has 0 saturated carbocycles. The highest BCUT2D eigenvalue weighted by Crippen LogP contribution is 2.23. The third kappa shape index (κ3) is 4.66. The lowest BCUT2D eigenvalue weighted by molar-refractivity contribution is -0.127. The van der Waals surface area contributed by atoms with Crippen molar-refractivity contribution in [3.63, 3.8) is 0 Å². The number of rotatable bonds is 6. The van der Waals surface area contributed by atoms with Crippen LogP contribution in [0.3, 0.4) is 0 Å². The molecule has 6 nitrogen and oxygen atoms in total. The first-order chi connectivity index (χ1) is 11.1. The maximum absolute atomic E-state index is 13.4. The fraction of sp³-hybridized carbons (Fsp3) is 0.500. The minimum atomic E-state index is -0.822. The first kappa shape index (κ1) is 17.2. The van der Waals surface area contributed by atoms with Gasteiger partial charge in [-0.05, 0) is 37.0 Å². The molecule has 3 N–H and O–H groups in total. The molecule has 1 atom stereocenters. The van der Waals surface area contributed by atoms with Crippen LogP contribution in [-0.2, 0) is 4.79 Å². The second-order valence-electron chi connectivity index (χ2n) is 5.46. The Kier molecular flexibility index (Phi) is 6.34. The Morgan fingerprint density at radius 3 is 2.96 bits per heavy atom. The Bertz CT molecular complexity index is 553. The van der Waals surface area contributed by atoms with Crippen molar-refractivity contribution in [3.05, 3.63) is 35.6 Å². The molecule has 2 rings (SSSR count). The van der Waals surface area contributed by atoms with Crippen LogP contribution < -0.4 is 10.6 Å². The molecule has 1 aromatic carbocycles. The van der Waals surface area contributed by atoms with Crippen LogP contribution in [0.25, 0.3) is 0 Å². The van der Waals surface area contributed by atoms with Gasteiger partial charge in [0.2, 0.25) is 5.91 Å². The third-order valence-electron chi connectivity index (χ3n) is 3.75. The number of hydrogen-bond acceptors (Lipinski definition) is 3. The number of nitrogens with one attached hydrogen (secondary N) is 2. The van der Waals surface area contributed by atoms with E-state index in [0.29, 0.717) is 31.6 Å². The summed E-state index contributed by atoms with van der Waals surface area (Å²) >= 11 is 0. The van der Waals surface area contributed by atoms with E-state index in [-0.39, 0.29) is 18.5 Å². The summed E-state index contributed by atoms with van der Waals surface area (Å²) in [7, 11) is 0. The van der Waals surface area contributed by atoms with Crippen molar-refractivity contribution in [3.8, 4) is 0 Å². The largest absolute Gasteiger partial charge is 0.396 e. The van der Waals surface area contributed by atoms with Crippen molar-refractivity contribution in [2.75, 3.05) is 26.2 Å². The average molecular weight is 323 g/mol. The maximum Gasteiger partial charge on any atom is 0.318 e. The molecule has 0 aliphatic carbocycles. The number of urea groups is 1. The van der Waals surface area contributed by atoms with Gasteiger partial charge in [-0.1, -0.05) is 12.1 Å². The van der Waals surface area contributed by atoms with Crippen LogP contribution in [0.5, 0.6) is 0 Å². The minimum Gasteiger partial charge on any atom is -0.396 e. The van der Waals surface area contributed by atoms with Gasteiger partial charge in [-0.25, -0.2) is 9.18 Å². The molecule has 126 valence electrons. The number of unbranched alkanes of at least 4 members (excludes halogenated alkanes) is 2. The van der Waals surface area contributed by atoms with Gasteiger partial charge < -0.3 is 20.6 Å². The molecule has 1 saturated heterocycles. The van der Waals surface area contributed by atoms with Crippen molar-refractivity contribution in [1.29, 1.82) is 0 Å². The van der Waals surface area contributed by atoms with Crippen molar-refractivity contribution >= 4 is 11.9 Å². The average Bonchev–Trinajstić information content (AvgIpc) is 2.54. The number of hydrogen-bond donors (Lipinski definition) is 3. The van der Waals surface area contributed by atoms with Gasteiger partial charge in [0.25, 0.3) is 0 Å². The zero-order valence-corrected chi connectivity index (χ0v) is 12.9. The van der Waals surface area contributed by atoms with Gasteiger partial charge in [0.05, 0.1) is 0 Å². The fourth-order valence-electron chi connectivity index (χ4n) is 2.60. The molecule has 1 fully saturated rings. The number of aliphatic hydroxyl groups excluding tert-OH is 1. The first-order valence-corrected chi connectivity index (χ1v) is 7.82. The number of benzene rings is 1. The smallest absolute Gasteiger partial charge is 0.318 e. The first-order valence-electron chi connectivity index (χ1n) is 7.82.